The third-order valence-corrected chi connectivity index (χ3v) is 4.72. The minimum Gasteiger partial charge on any atom is -0.494 e. The van der Waals surface area contributed by atoms with Crippen LogP contribution in [-0.4, -0.2) is 32.1 Å². The van der Waals surface area contributed by atoms with E-state index in [2.05, 4.69) is 6.92 Å². The molecule has 1 aromatic carbocycles. The first-order valence-electron chi connectivity index (χ1n) is 10.0. The van der Waals surface area contributed by atoms with Gasteiger partial charge in [-0.15, -0.1) is 0 Å². The summed E-state index contributed by atoms with van der Waals surface area (Å²) in [7, 11) is 0. The van der Waals surface area contributed by atoms with E-state index in [1.165, 1.54) is 32.1 Å². The Morgan fingerprint density at radius 3 is 2.33 bits per heavy atom. The van der Waals surface area contributed by atoms with Gasteiger partial charge in [-0.05, 0) is 30.5 Å². The van der Waals surface area contributed by atoms with Gasteiger partial charge < -0.3 is 14.2 Å². The summed E-state index contributed by atoms with van der Waals surface area (Å²) in [6, 6.07) is 7.31. The summed E-state index contributed by atoms with van der Waals surface area (Å²) < 4.78 is 53.5. The Bertz CT molecular complexity index is 508. The Hall–Kier alpha value is -1.27. The molecule has 2 rings (SSSR count). The minimum atomic E-state index is -4.13. The van der Waals surface area contributed by atoms with Crippen molar-refractivity contribution in [3.05, 3.63) is 29.8 Å². The van der Waals surface area contributed by atoms with Crippen molar-refractivity contribution in [1.82, 2.24) is 0 Å². The van der Waals surface area contributed by atoms with Crippen molar-refractivity contribution in [3.8, 4) is 5.75 Å². The van der Waals surface area contributed by atoms with Gasteiger partial charge in [0.1, 0.15) is 11.9 Å². The van der Waals surface area contributed by atoms with Crippen LogP contribution in [0.4, 0.5) is 13.2 Å². The maximum Gasteiger partial charge on any atom is 0.389 e. The molecule has 1 heterocycles. The zero-order chi connectivity index (χ0) is 19.5. The van der Waals surface area contributed by atoms with Crippen LogP contribution in [0.25, 0.3) is 0 Å². The predicted molar refractivity (Wildman–Crippen MR) is 99.0 cm³/mol. The van der Waals surface area contributed by atoms with Gasteiger partial charge in [-0.1, -0.05) is 51.2 Å². The molecule has 6 heteroatoms. The summed E-state index contributed by atoms with van der Waals surface area (Å²) >= 11 is 0. The molecule has 0 aromatic heterocycles. The fourth-order valence-corrected chi connectivity index (χ4v) is 3.12. The van der Waals surface area contributed by atoms with E-state index in [1.54, 1.807) is 12.1 Å². The van der Waals surface area contributed by atoms with Crippen LogP contribution in [0.15, 0.2) is 24.3 Å². The molecule has 154 valence electrons. The van der Waals surface area contributed by atoms with E-state index < -0.39 is 12.6 Å². The summed E-state index contributed by atoms with van der Waals surface area (Å²) in [6.07, 6.45) is 2.41. The lowest BCUT2D eigenvalue weighted by Crippen LogP contribution is -2.31. The van der Waals surface area contributed by atoms with Crippen molar-refractivity contribution >= 4 is 0 Å². The molecular weight excluding hydrogens is 357 g/mol. The van der Waals surface area contributed by atoms with Crippen LogP contribution >= 0.6 is 0 Å². The fraction of sp³-hybridized carbons (Fsp3) is 0.714. The number of benzene rings is 1. The van der Waals surface area contributed by atoms with Gasteiger partial charge in [-0.25, -0.2) is 0 Å². The smallest absolute Gasteiger partial charge is 0.389 e. The summed E-state index contributed by atoms with van der Waals surface area (Å²) in [5.41, 5.74) is 0.999. The standard InChI is InChI=1S/C21H31F3O3/c1-2-3-4-5-6-8-19-15-27-20(16-26-19)17-9-11-18(12-10-17)25-14-7-13-21(22,23)24/h9-12,19-20H,2-8,13-16H2,1H3/t19-,20-/m1/s1. The van der Waals surface area contributed by atoms with E-state index in [-0.39, 0.29) is 25.2 Å². The topological polar surface area (TPSA) is 27.7 Å². The molecule has 3 nitrogen and oxygen atoms in total. The van der Waals surface area contributed by atoms with E-state index >= 15 is 0 Å². The number of rotatable bonds is 11. The molecule has 1 saturated heterocycles. The molecule has 0 N–H and O–H groups in total. The summed E-state index contributed by atoms with van der Waals surface area (Å²) in [4.78, 5) is 0. The normalized spacial score (nSPS) is 20.6. The van der Waals surface area contributed by atoms with Gasteiger partial charge in [0, 0.05) is 6.42 Å². The molecule has 0 amide bonds. The first-order valence-corrected chi connectivity index (χ1v) is 10.0. The third-order valence-electron chi connectivity index (χ3n) is 4.72. The molecule has 1 aromatic rings. The minimum absolute atomic E-state index is 0.0370. The molecule has 0 aliphatic carbocycles. The van der Waals surface area contributed by atoms with Crippen LogP contribution in [0.1, 0.15) is 70.0 Å². The summed E-state index contributed by atoms with van der Waals surface area (Å²) in [5, 5.41) is 0. The van der Waals surface area contributed by atoms with E-state index in [4.69, 9.17) is 14.2 Å². The Morgan fingerprint density at radius 1 is 0.963 bits per heavy atom. The second-order valence-corrected chi connectivity index (χ2v) is 7.12. The Balaban J connectivity index is 1.64. The number of ether oxygens (including phenoxy) is 3. The van der Waals surface area contributed by atoms with Gasteiger partial charge >= 0.3 is 6.18 Å². The van der Waals surface area contributed by atoms with Gasteiger partial charge in [-0.3, -0.25) is 0 Å². The molecule has 2 atom stereocenters. The zero-order valence-electron chi connectivity index (χ0n) is 16.1. The van der Waals surface area contributed by atoms with Crippen molar-refractivity contribution < 1.29 is 27.4 Å². The molecule has 0 bridgehead atoms. The quantitative estimate of drug-likeness (QED) is 0.421. The zero-order valence-corrected chi connectivity index (χ0v) is 16.1. The summed E-state index contributed by atoms with van der Waals surface area (Å²) in [6.45, 7) is 3.41. The Morgan fingerprint density at radius 2 is 1.70 bits per heavy atom. The van der Waals surface area contributed by atoms with Gasteiger partial charge in [0.05, 0.1) is 25.9 Å². The van der Waals surface area contributed by atoms with Gasteiger partial charge in [0.2, 0.25) is 0 Å². The van der Waals surface area contributed by atoms with Crippen molar-refractivity contribution in [3.63, 3.8) is 0 Å². The molecule has 0 saturated carbocycles. The van der Waals surface area contributed by atoms with Crippen molar-refractivity contribution in [2.45, 2.75) is 76.7 Å². The van der Waals surface area contributed by atoms with Crippen LogP contribution in [0.5, 0.6) is 5.75 Å². The first kappa shape index (κ1) is 22.0. The Kier molecular flexibility index (Phi) is 9.42. The van der Waals surface area contributed by atoms with E-state index in [0.29, 0.717) is 19.0 Å². The highest BCUT2D eigenvalue weighted by Crippen LogP contribution is 2.27. The van der Waals surface area contributed by atoms with Crippen LogP contribution in [0, 0.1) is 0 Å². The lowest BCUT2D eigenvalue weighted by molar-refractivity contribution is -0.137. The van der Waals surface area contributed by atoms with Crippen LogP contribution in [0.2, 0.25) is 0 Å². The van der Waals surface area contributed by atoms with Crippen molar-refractivity contribution in [2.75, 3.05) is 19.8 Å². The highest BCUT2D eigenvalue weighted by Gasteiger charge is 2.26. The van der Waals surface area contributed by atoms with Gasteiger partial charge in [0.15, 0.2) is 0 Å². The largest absolute Gasteiger partial charge is 0.494 e. The average molecular weight is 388 g/mol. The fourth-order valence-electron chi connectivity index (χ4n) is 3.12. The molecular formula is C21H31F3O3. The summed E-state index contributed by atoms with van der Waals surface area (Å²) in [5.74, 6) is 0.572. The lowest BCUT2D eigenvalue weighted by atomic mass is 10.1. The van der Waals surface area contributed by atoms with E-state index in [9.17, 15) is 13.2 Å². The SMILES string of the molecule is CCCCCCC[C@@H]1CO[C@@H](c2ccc(OCCCC(F)(F)F)cc2)CO1. The molecule has 1 aliphatic rings. The molecule has 27 heavy (non-hydrogen) atoms. The number of hydrogen-bond donors (Lipinski definition) is 0. The number of unbranched alkanes of at least 4 members (excludes halogenated alkanes) is 4. The maximum atomic E-state index is 12.1. The molecule has 1 aliphatic heterocycles. The Labute approximate surface area is 160 Å². The number of hydrogen-bond acceptors (Lipinski definition) is 3. The highest BCUT2D eigenvalue weighted by molar-refractivity contribution is 5.28. The van der Waals surface area contributed by atoms with Crippen LogP contribution in [0.3, 0.4) is 0 Å². The van der Waals surface area contributed by atoms with Crippen molar-refractivity contribution in [2.24, 2.45) is 0 Å². The molecule has 0 radical (unpaired) electrons. The maximum absolute atomic E-state index is 12.1. The van der Waals surface area contributed by atoms with Crippen molar-refractivity contribution in [1.29, 1.82) is 0 Å². The number of alkyl halides is 3. The first-order chi connectivity index (χ1) is 13.0. The second-order valence-electron chi connectivity index (χ2n) is 7.12. The molecule has 1 fully saturated rings. The molecule has 0 spiro atoms. The van der Waals surface area contributed by atoms with Crippen LogP contribution in [-0.2, 0) is 9.47 Å². The second kappa shape index (κ2) is 11.5. The average Bonchev–Trinajstić information content (AvgIpc) is 2.65. The predicted octanol–water partition coefficient (Wildman–Crippen LogP) is 6.22. The van der Waals surface area contributed by atoms with Gasteiger partial charge in [-0.2, -0.15) is 13.2 Å². The highest BCUT2D eigenvalue weighted by atomic mass is 19.4. The molecule has 0 unspecified atom stereocenters. The van der Waals surface area contributed by atoms with Gasteiger partial charge in [0.25, 0.3) is 0 Å². The monoisotopic (exact) mass is 388 g/mol. The van der Waals surface area contributed by atoms with Crippen LogP contribution < -0.4 is 4.74 Å². The lowest BCUT2D eigenvalue weighted by Gasteiger charge is -2.30. The van der Waals surface area contributed by atoms with E-state index in [1.807, 2.05) is 12.1 Å². The number of halogens is 3. The van der Waals surface area contributed by atoms with E-state index in [0.717, 1.165) is 12.0 Å². The third kappa shape index (κ3) is 8.98.